The first kappa shape index (κ1) is 14.3. The quantitative estimate of drug-likeness (QED) is 0.693. The van der Waals surface area contributed by atoms with E-state index in [1.165, 1.54) is 23.3 Å². The molecule has 0 saturated heterocycles. The van der Waals surface area contributed by atoms with Crippen molar-refractivity contribution in [3.63, 3.8) is 0 Å². The summed E-state index contributed by atoms with van der Waals surface area (Å²) in [5, 5.41) is 4.43. The summed E-state index contributed by atoms with van der Waals surface area (Å²) in [5.41, 5.74) is 9.82. The molecule has 0 fully saturated rings. The molecule has 0 unspecified atom stereocenters. The fourth-order valence-electron chi connectivity index (χ4n) is 1.42. The van der Waals surface area contributed by atoms with Crippen LogP contribution in [0.2, 0.25) is 4.34 Å². The molecule has 2 aromatic rings. The summed E-state index contributed by atoms with van der Waals surface area (Å²) in [7, 11) is 0. The van der Waals surface area contributed by atoms with Crippen molar-refractivity contribution in [2.24, 2.45) is 10.7 Å². The molecule has 1 aromatic carbocycles. The number of thioether (sulfide) groups is 1. The Morgan fingerprint density at radius 3 is 2.95 bits per heavy atom. The molecule has 2 N–H and O–H groups in total. The maximum atomic E-state index is 5.93. The Labute approximate surface area is 125 Å². The summed E-state index contributed by atoms with van der Waals surface area (Å²) in [6.07, 6.45) is 0. The largest absolute Gasteiger partial charge is 0.378 e. The lowest BCUT2D eigenvalue weighted by Crippen LogP contribution is -2.06. The molecular weight excluding hydrogens is 300 g/mol. The standard InChI is InChI=1S/C12H13ClN4S2/c1-7-3-4-8(2)9(5-7)15-12(14)18-6-10-11(13)19-17-16-10/h3-5H,6H2,1-2H3,(H2,14,15). The Balaban J connectivity index is 2.07. The third kappa shape index (κ3) is 3.92. The van der Waals surface area contributed by atoms with E-state index in [4.69, 9.17) is 17.3 Å². The van der Waals surface area contributed by atoms with E-state index in [9.17, 15) is 0 Å². The molecule has 0 aliphatic heterocycles. The lowest BCUT2D eigenvalue weighted by Gasteiger charge is -2.03. The second kappa shape index (κ2) is 6.36. The van der Waals surface area contributed by atoms with Crippen LogP contribution in [0.25, 0.3) is 0 Å². The van der Waals surface area contributed by atoms with E-state index in [2.05, 4.69) is 20.6 Å². The molecule has 100 valence electrons. The summed E-state index contributed by atoms with van der Waals surface area (Å²) >= 11 is 8.51. The van der Waals surface area contributed by atoms with Crippen LogP contribution in [0.5, 0.6) is 0 Å². The van der Waals surface area contributed by atoms with Crippen LogP contribution in [0, 0.1) is 13.8 Å². The van der Waals surface area contributed by atoms with Gasteiger partial charge in [-0.1, -0.05) is 40.0 Å². The first-order chi connectivity index (χ1) is 9.06. The van der Waals surface area contributed by atoms with Crippen molar-refractivity contribution in [1.29, 1.82) is 0 Å². The fraction of sp³-hybridized carbons (Fsp3) is 0.250. The number of aliphatic imine (C=N–C) groups is 1. The predicted octanol–water partition coefficient (Wildman–Crippen LogP) is 3.69. The van der Waals surface area contributed by atoms with Gasteiger partial charge in [0.1, 0.15) is 10.0 Å². The number of halogens is 1. The maximum absolute atomic E-state index is 5.93. The minimum atomic E-state index is 0.498. The van der Waals surface area contributed by atoms with E-state index in [1.807, 2.05) is 26.0 Å². The van der Waals surface area contributed by atoms with Crippen LogP contribution in [0.15, 0.2) is 23.2 Å². The average molecular weight is 313 g/mol. The van der Waals surface area contributed by atoms with E-state index in [0.29, 0.717) is 15.3 Å². The van der Waals surface area contributed by atoms with Crippen molar-refractivity contribution in [1.82, 2.24) is 9.59 Å². The number of rotatable bonds is 3. The molecule has 0 aliphatic rings. The van der Waals surface area contributed by atoms with Crippen LogP contribution in [-0.4, -0.2) is 14.8 Å². The zero-order valence-electron chi connectivity index (χ0n) is 10.6. The first-order valence-corrected chi connectivity index (χ1v) is 7.71. The van der Waals surface area contributed by atoms with Crippen LogP contribution in [0.1, 0.15) is 16.8 Å². The zero-order chi connectivity index (χ0) is 13.8. The molecular formula is C12H13ClN4S2. The number of nitrogens with two attached hydrogens (primary N) is 1. The summed E-state index contributed by atoms with van der Waals surface area (Å²) in [6, 6.07) is 6.10. The van der Waals surface area contributed by atoms with E-state index in [0.717, 1.165) is 22.5 Å². The predicted molar refractivity (Wildman–Crippen MR) is 83.4 cm³/mol. The molecule has 2 rings (SSSR count). The van der Waals surface area contributed by atoms with E-state index in [-0.39, 0.29) is 0 Å². The van der Waals surface area contributed by atoms with Crippen LogP contribution >= 0.6 is 34.9 Å². The fourth-order valence-corrected chi connectivity index (χ4v) is 2.86. The molecule has 0 spiro atoms. The number of hydrogen-bond donors (Lipinski definition) is 1. The highest BCUT2D eigenvalue weighted by Gasteiger charge is 2.07. The van der Waals surface area contributed by atoms with Crippen molar-refractivity contribution in [3.8, 4) is 0 Å². The van der Waals surface area contributed by atoms with E-state index < -0.39 is 0 Å². The highest BCUT2D eigenvalue weighted by Crippen LogP contribution is 2.24. The molecule has 19 heavy (non-hydrogen) atoms. The van der Waals surface area contributed by atoms with Gasteiger partial charge in [0.25, 0.3) is 0 Å². The topological polar surface area (TPSA) is 64.2 Å². The lowest BCUT2D eigenvalue weighted by molar-refractivity contribution is 1.08. The van der Waals surface area contributed by atoms with E-state index >= 15 is 0 Å². The van der Waals surface area contributed by atoms with Crippen molar-refractivity contribution >= 4 is 45.8 Å². The Kier molecular flexibility index (Phi) is 4.79. The van der Waals surface area contributed by atoms with Crippen LogP contribution in [0.3, 0.4) is 0 Å². The molecule has 0 saturated carbocycles. The van der Waals surface area contributed by atoms with Gasteiger partial charge in [0.2, 0.25) is 0 Å². The summed E-state index contributed by atoms with van der Waals surface area (Å²) in [4.78, 5) is 4.42. The molecule has 4 nitrogen and oxygen atoms in total. The SMILES string of the molecule is Cc1ccc(C)c(N=C(N)SCc2nnsc2Cl)c1. The monoisotopic (exact) mass is 312 g/mol. The van der Waals surface area contributed by atoms with Gasteiger partial charge in [-0.25, -0.2) is 4.99 Å². The van der Waals surface area contributed by atoms with Gasteiger partial charge in [0, 0.05) is 17.3 Å². The third-order valence-electron chi connectivity index (χ3n) is 2.46. The first-order valence-electron chi connectivity index (χ1n) is 5.57. The van der Waals surface area contributed by atoms with Crippen molar-refractivity contribution in [3.05, 3.63) is 39.4 Å². The van der Waals surface area contributed by atoms with Crippen LogP contribution in [-0.2, 0) is 5.75 Å². The van der Waals surface area contributed by atoms with E-state index in [1.54, 1.807) is 0 Å². The number of aromatic nitrogens is 2. The van der Waals surface area contributed by atoms with Gasteiger partial charge in [-0.05, 0) is 31.0 Å². The highest BCUT2D eigenvalue weighted by atomic mass is 35.5. The average Bonchev–Trinajstić information content (AvgIpc) is 2.77. The van der Waals surface area contributed by atoms with Gasteiger partial charge < -0.3 is 5.73 Å². The molecule has 7 heteroatoms. The number of hydrogen-bond acceptors (Lipinski definition) is 5. The van der Waals surface area contributed by atoms with Gasteiger partial charge in [-0.2, -0.15) is 0 Å². The second-order valence-electron chi connectivity index (χ2n) is 4.02. The lowest BCUT2D eigenvalue weighted by atomic mass is 10.1. The summed E-state index contributed by atoms with van der Waals surface area (Å²) in [6.45, 7) is 4.04. The molecule has 0 bridgehead atoms. The minimum Gasteiger partial charge on any atom is -0.378 e. The van der Waals surface area contributed by atoms with Gasteiger partial charge in [-0.3, -0.25) is 0 Å². The Bertz CT molecular complexity index is 610. The minimum absolute atomic E-state index is 0.498. The van der Waals surface area contributed by atoms with Crippen molar-refractivity contribution < 1.29 is 0 Å². The van der Waals surface area contributed by atoms with Crippen molar-refractivity contribution in [2.75, 3.05) is 0 Å². The summed E-state index contributed by atoms with van der Waals surface area (Å²) < 4.78 is 4.38. The third-order valence-corrected chi connectivity index (χ3v) is 4.25. The molecule has 0 aliphatic carbocycles. The Morgan fingerprint density at radius 1 is 1.47 bits per heavy atom. The number of amidine groups is 1. The normalized spacial score (nSPS) is 11.8. The van der Waals surface area contributed by atoms with Gasteiger partial charge in [-0.15, -0.1) is 5.10 Å². The van der Waals surface area contributed by atoms with Crippen molar-refractivity contribution in [2.45, 2.75) is 19.6 Å². The smallest absolute Gasteiger partial charge is 0.159 e. The number of nitrogens with zero attached hydrogens (tertiary/aromatic N) is 3. The maximum Gasteiger partial charge on any atom is 0.159 e. The molecule has 0 atom stereocenters. The molecule has 0 amide bonds. The number of benzene rings is 1. The Morgan fingerprint density at radius 2 is 2.26 bits per heavy atom. The van der Waals surface area contributed by atoms with Gasteiger partial charge in [0.15, 0.2) is 5.17 Å². The van der Waals surface area contributed by atoms with Crippen LogP contribution in [0.4, 0.5) is 5.69 Å². The molecule has 1 aromatic heterocycles. The molecule has 0 radical (unpaired) electrons. The van der Waals surface area contributed by atoms with Gasteiger partial charge in [0.05, 0.1) is 5.69 Å². The summed E-state index contributed by atoms with van der Waals surface area (Å²) in [5.74, 6) is 0.579. The second-order valence-corrected chi connectivity index (χ2v) is 6.37. The molecule has 1 heterocycles. The van der Waals surface area contributed by atoms with Gasteiger partial charge >= 0.3 is 0 Å². The van der Waals surface area contributed by atoms with Crippen LogP contribution < -0.4 is 5.73 Å². The highest BCUT2D eigenvalue weighted by molar-refractivity contribution is 8.13. The Hall–Kier alpha value is -1.11. The zero-order valence-corrected chi connectivity index (χ0v) is 12.9. The number of aryl methyl sites for hydroxylation is 2.